The Morgan fingerprint density at radius 3 is 2.89 bits per heavy atom. The third-order valence-corrected chi connectivity index (χ3v) is 4.58. The zero-order chi connectivity index (χ0) is 14.0. The first-order chi connectivity index (χ1) is 9.06. The van der Waals surface area contributed by atoms with Gasteiger partial charge in [-0.3, -0.25) is 4.79 Å². The molecule has 0 heterocycles. The molecule has 1 aromatic rings. The maximum absolute atomic E-state index is 13.8. The van der Waals surface area contributed by atoms with Crippen molar-refractivity contribution in [2.45, 2.75) is 25.3 Å². The van der Waals surface area contributed by atoms with Crippen LogP contribution < -0.4 is 5.73 Å². The van der Waals surface area contributed by atoms with Crippen LogP contribution >= 0.6 is 15.9 Å². The molecule has 0 radical (unpaired) electrons. The number of rotatable bonds is 3. The van der Waals surface area contributed by atoms with E-state index >= 15 is 0 Å². The monoisotopic (exact) mass is 328 g/mol. The number of amides is 1. The maximum atomic E-state index is 13.8. The summed E-state index contributed by atoms with van der Waals surface area (Å²) in [7, 11) is 1.74. The van der Waals surface area contributed by atoms with Gasteiger partial charge in [-0.25, -0.2) is 4.39 Å². The van der Waals surface area contributed by atoms with Crippen LogP contribution in [0, 0.1) is 11.7 Å². The highest BCUT2D eigenvalue weighted by atomic mass is 79.9. The highest BCUT2D eigenvalue weighted by Gasteiger charge is 2.33. The maximum Gasteiger partial charge on any atom is 0.257 e. The van der Waals surface area contributed by atoms with Gasteiger partial charge in [0.25, 0.3) is 5.91 Å². The quantitative estimate of drug-likeness (QED) is 0.927. The highest BCUT2D eigenvalue weighted by molar-refractivity contribution is 9.10. The van der Waals surface area contributed by atoms with Gasteiger partial charge >= 0.3 is 0 Å². The largest absolute Gasteiger partial charge is 0.338 e. The first-order valence-corrected chi connectivity index (χ1v) is 7.26. The molecule has 2 N–H and O–H groups in total. The SMILES string of the molecule is CN(C(=O)c1c(F)cccc1Br)C1CCCC1CN. The van der Waals surface area contributed by atoms with Crippen LogP contribution in [0.3, 0.4) is 0 Å². The molecule has 2 unspecified atom stereocenters. The Kier molecular flexibility index (Phi) is 4.58. The van der Waals surface area contributed by atoms with E-state index in [1.807, 2.05) is 0 Å². The first-order valence-electron chi connectivity index (χ1n) is 6.47. The summed E-state index contributed by atoms with van der Waals surface area (Å²) >= 11 is 3.24. The number of benzene rings is 1. The van der Waals surface area contributed by atoms with Crippen molar-refractivity contribution in [1.82, 2.24) is 4.90 Å². The summed E-state index contributed by atoms with van der Waals surface area (Å²) in [5.41, 5.74) is 5.84. The second-order valence-electron chi connectivity index (χ2n) is 5.01. The van der Waals surface area contributed by atoms with Crippen LogP contribution in [-0.4, -0.2) is 30.4 Å². The molecule has 1 aliphatic carbocycles. The Balaban J connectivity index is 2.24. The summed E-state index contributed by atoms with van der Waals surface area (Å²) in [6, 6.07) is 4.68. The van der Waals surface area contributed by atoms with Crippen molar-refractivity contribution in [3.8, 4) is 0 Å². The van der Waals surface area contributed by atoms with E-state index in [0.717, 1.165) is 19.3 Å². The Hall–Kier alpha value is -0.940. The van der Waals surface area contributed by atoms with Gasteiger partial charge < -0.3 is 10.6 Å². The summed E-state index contributed by atoms with van der Waals surface area (Å²) < 4.78 is 14.3. The Bertz CT molecular complexity index is 460. The van der Waals surface area contributed by atoms with E-state index < -0.39 is 5.82 Å². The minimum absolute atomic E-state index is 0.104. The van der Waals surface area contributed by atoms with Gasteiger partial charge in [-0.05, 0) is 53.4 Å². The minimum Gasteiger partial charge on any atom is -0.338 e. The molecule has 2 atom stereocenters. The summed E-state index contributed by atoms with van der Waals surface area (Å²) in [6.07, 6.45) is 3.05. The normalized spacial score (nSPS) is 22.5. The molecule has 1 amide bonds. The molecule has 104 valence electrons. The molecular weight excluding hydrogens is 311 g/mol. The fourth-order valence-electron chi connectivity index (χ4n) is 2.83. The minimum atomic E-state index is -0.492. The molecule has 0 spiro atoms. The van der Waals surface area contributed by atoms with Crippen LogP contribution in [0.4, 0.5) is 4.39 Å². The average molecular weight is 329 g/mol. The second kappa shape index (κ2) is 6.01. The third kappa shape index (κ3) is 2.82. The topological polar surface area (TPSA) is 46.3 Å². The molecule has 0 bridgehead atoms. The molecule has 1 fully saturated rings. The number of carbonyl (C=O) groups is 1. The van der Waals surface area contributed by atoms with Crippen molar-refractivity contribution < 1.29 is 9.18 Å². The molecular formula is C14H18BrFN2O. The van der Waals surface area contributed by atoms with Crippen molar-refractivity contribution in [3.63, 3.8) is 0 Å². The van der Waals surface area contributed by atoms with Crippen molar-refractivity contribution in [2.24, 2.45) is 11.7 Å². The van der Waals surface area contributed by atoms with E-state index in [2.05, 4.69) is 15.9 Å². The van der Waals surface area contributed by atoms with Crippen molar-refractivity contribution in [1.29, 1.82) is 0 Å². The predicted octanol–water partition coefficient (Wildman–Crippen LogP) is 2.79. The van der Waals surface area contributed by atoms with Crippen LogP contribution in [0.25, 0.3) is 0 Å². The Labute approximate surface area is 121 Å². The van der Waals surface area contributed by atoms with Crippen LogP contribution in [0.15, 0.2) is 22.7 Å². The number of nitrogens with two attached hydrogens (primary N) is 1. The van der Waals surface area contributed by atoms with E-state index in [-0.39, 0.29) is 17.5 Å². The van der Waals surface area contributed by atoms with Gasteiger partial charge in [0.05, 0.1) is 5.56 Å². The average Bonchev–Trinajstić information content (AvgIpc) is 2.85. The number of hydrogen-bond acceptors (Lipinski definition) is 2. The van der Waals surface area contributed by atoms with Crippen LogP contribution in [-0.2, 0) is 0 Å². The lowest BCUT2D eigenvalue weighted by Gasteiger charge is -2.29. The van der Waals surface area contributed by atoms with E-state index in [0.29, 0.717) is 16.9 Å². The van der Waals surface area contributed by atoms with Crippen molar-refractivity contribution >= 4 is 21.8 Å². The molecule has 0 saturated heterocycles. The molecule has 2 rings (SSSR count). The van der Waals surface area contributed by atoms with E-state index in [1.165, 1.54) is 6.07 Å². The summed E-state index contributed by atoms with van der Waals surface area (Å²) in [5, 5.41) is 0. The lowest BCUT2D eigenvalue weighted by molar-refractivity contribution is 0.0694. The van der Waals surface area contributed by atoms with Gasteiger partial charge in [-0.2, -0.15) is 0 Å². The molecule has 1 aliphatic rings. The van der Waals surface area contributed by atoms with Crippen molar-refractivity contribution in [3.05, 3.63) is 34.1 Å². The fraction of sp³-hybridized carbons (Fsp3) is 0.500. The van der Waals surface area contributed by atoms with Gasteiger partial charge in [0.1, 0.15) is 5.82 Å². The standard InChI is InChI=1S/C14H18BrFN2O/c1-18(12-7-2-4-9(12)8-17)14(19)13-10(15)5-3-6-11(13)16/h3,5-6,9,12H,2,4,7-8,17H2,1H3. The molecule has 5 heteroatoms. The van der Waals surface area contributed by atoms with Crippen LogP contribution in [0.5, 0.6) is 0 Å². The molecule has 19 heavy (non-hydrogen) atoms. The van der Waals surface area contributed by atoms with E-state index in [9.17, 15) is 9.18 Å². The van der Waals surface area contributed by atoms with Gasteiger partial charge in [-0.1, -0.05) is 12.5 Å². The molecule has 1 aromatic carbocycles. The first kappa shape index (κ1) is 14.5. The van der Waals surface area contributed by atoms with Crippen LogP contribution in [0.1, 0.15) is 29.6 Å². The smallest absolute Gasteiger partial charge is 0.257 e. The van der Waals surface area contributed by atoms with E-state index in [1.54, 1.807) is 24.1 Å². The van der Waals surface area contributed by atoms with Gasteiger partial charge in [0.15, 0.2) is 0 Å². The van der Waals surface area contributed by atoms with Crippen LogP contribution in [0.2, 0.25) is 0 Å². The summed E-state index contributed by atoms with van der Waals surface area (Å²) in [5.74, 6) is -0.455. The molecule has 1 saturated carbocycles. The van der Waals surface area contributed by atoms with Gasteiger partial charge in [0.2, 0.25) is 0 Å². The Morgan fingerprint density at radius 1 is 1.53 bits per heavy atom. The second-order valence-corrected chi connectivity index (χ2v) is 5.86. The predicted molar refractivity (Wildman–Crippen MR) is 76.4 cm³/mol. The van der Waals surface area contributed by atoms with Gasteiger partial charge in [0, 0.05) is 17.6 Å². The highest BCUT2D eigenvalue weighted by Crippen LogP contribution is 2.30. The Morgan fingerprint density at radius 2 is 2.26 bits per heavy atom. The molecule has 0 aliphatic heterocycles. The number of carbonyl (C=O) groups excluding carboxylic acids is 1. The molecule has 0 aromatic heterocycles. The van der Waals surface area contributed by atoms with E-state index in [4.69, 9.17) is 5.73 Å². The summed E-state index contributed by atoms with van der Waals surface area (Å²) in [6.45, 7) is 0.570. The van der Waals surface area contributed by atoms with Gasteiger partial charge in [-0.15, -0.1) is 0 Å². The summed E-state index contributed by atoms with van der Waals surface area (Å²) in [4.78, 5) is 14.1. The lowest BCUT2D eigenvalue weighted by atomic mass is 10.0. The van der Waals surface area contributed by atoms with Crippen molar-refractivity contribution in [2.75, 3.05) is 13.6 Å². The number of halogens is 2. The molecule has 3 nitrogen and oxygen atoms in total. The lowest BCUT2D eigenvalue weighted by Crippen LogP contribution is -2.41. The zero-order valence-electron chi connectivity index (χ0n) is 10.9. The number of hydrogen-bond donors (Lipinski definition) is 1. The zero-order valence-corrected chi connectivity index (χ0v) is 12.5. The third-order valence-electron chi connectivity index (χ3n) is 3.92. The number of nitrogens with zero attached hydrogens (tertiary/aromatic N) is 1. The fourth-order valence-corrected chi connectivity index (χ4v) is 3.34.